The number of thiophene rings is 1. The predicted molar refractivity (Wildman–Crippen MR) is 101 cm³/mol. The Bertz CT molecular complexity index is 1050. The van der Waals surface area contributed by atoms with E-state index in [4.69, 9.17) is 0 Å². The maximum atomic E-state index is 10.8. The fourth-order valence-corrected chi connectivity index (χ4v) is 4.60. The second-order valence-corrected chi connectivity index (χ2v) is 7.72. The van der Waals surface area contributed by atoms with E-state index < -0.39 is 4.92 Å². The Morgan fingerprint density at radius 3 is 2.83 bits per heavy atom. The lowest BCUT2D eigenvalue weighted by atomic mass is 10.3. The van der Waals surface area contributed by atoms with E-state index in [0.717, 1.165) is 25.3 Å². The Morgan fingerprint density at radius 1 is 1.12 bits per heavy atom. The summed E-state index contributed by atoms with van der Waals surface area (Å²) >= 11 is 4.78. The average molecular weight is 371 g/mol. The van der Waals surface area contributed by atoms with E-state index in [2.05, 4.69) is 16.0 Å². The first-order chi connectivity index (χ1) is 11.7. The number of nitro benzene ring substituents is 1. The Labute approximate surface area is 148 Å². The molecule has 118 valence electrons. The van der Waals surface area contributed by atoms with Gasteiger partial charge in [-0.1, -0.05) is 6.07 Å². The lowest BCUT2D eigenvalue weighted by molar-refractivity contribution is -0.384. The second kappa shape index (κ2) is 6.23. The maximum Gasteiger partial charge on any atom is 0.271 e. The summed E-state index contributed by atoms with van der Waals surface area (Å²) < 4.78 is 0.929. The number of thiazole rings is 2. The van der Waals surface area contributed by atoms with E-state index in [1.165, 1.54) is 23.5 Å². The molecule has 0 fully saturated rings. The summed E-state index contributed by atoms with van der Waals surface area (Å²) in [6.07, 6.45) is 3.81. The molecule has 24 heavy (non-hydrogen) atoms. The summed E-state index contributed by atoms with van der Waals surface area (Å²) in [6.45, 7) is 0. The van der Waals surface area contributed by atoms with Crippen molar-refractivity contribution >= 4 is 62.1 Å². The minimum atomic E-state index is -0.407. The van der Waals surface area contributed by atoms with Gasteiger partial charge in [0.1, 0.15) is 10.0 Å². The van der Waals surface area contributed by atoms with E-state index in [-0.39, 0.29) is 5.69 Å². The highest BCUT2D eigenvalue weighted by Gasteiger charge is 2.09. The molecular formula is C16H9N3O2S3. The number of aromatic nitrogens is 2. The Morgan fingerprint density at radius 2 is 2.04 bits per heavy atom. The smallest absolute Gasteiger partial charge is 0.258 e. The molecule has 4 aromatic rings. The molecule has 0 bridgehead atoms. The molecule has 0 aliphatic heterocycles. The molecule has 4 rings (SSSR count). The van der Waals surface area contributed by atoms with E-state index in [1.807, 2.05) is 29.0 Å². The maximum absolute atomic E-state index is 10.8. The number of fused-ring (bicyclic) bond motifs is 1. The van der Waals surface area contributed by atoms with Crippen molar-refractivity contribution in [2.24, 2.45) is 0 Å². The zero-order chi connectivity index (χ0) is 16.5. The van der Waals surface area contributed by atoms with Crippen LogP contribution in [0, 0.1) is 10.1 Å². The van der Waals surface area contributed by atoms with Gasteiger partial charge in [0.25, 0.3) is 5.69 Å². The SMILES string of the molecule is O=[N+]([O-])c1ccc2sc(C=Cc3csc(-c4cccs4)n3)nc2c1. The highest BCUT2D eigenvalue weighted by atomic mass is 32.1. The van der Waals surface area contributed by atoms with E-state index in [0.29, 0.717) is 5.52 Å². The highest BCUT2D eigenvalue weighted by molar-refractivity contribution is 7.20. The lowest BCUT2D eigenvalue weighted by Gasteiger charge is -1.89. The molecule has 0 amide bonds. The number of benzene rings is 1. The standard InChI is InChI=1S/C16H9N3O2S3/c20-19(21)11-4-5-13-12(8-11)18-15(24-13)6-3-10-9-23-16(17-10)14-2-1-7-22-14/h1-9H. The zero-order valence-corrected chi connectivity index (χ0v) is 14.5. The number of rotatable bonds is 4. The Balaban J connectivity index is 1.59. The van der Waals surface area contributed by atoms with Crippen molar-refractivity contribution in [3.8, 4) is 9.88 Å². The zero-order valence-electron chi connectivity index (χ0n) is 12.1. The summed E-state index contributed by atoms with van der Waals surface area (Å²) in [7, 11) is 0. The Kier molecular flexibility index (Phi) is 3.93. The summed E-state index contributed by atoms with van der Waals surface area (Å²) in [5.41, 5.74) is 1.59. The van der Waals surface area contributed by atoms with Crippen molar-refractivity contribution in [2.45, 2.75) is 0 Å². The van der Waals surface area contributed by atoms with Crippen molar-refractivity contribution in [1.82, 2.24) is 9.97 Å². The van der Waals surface area contributed by atoms with E-state index in [1.54, 1.807) is 28.7 Å². The van der Waals surface area contributed by atoms with Gasteiger partial charge in [-0.15, -0.1) is 34.0 Å². The van der Waals surface area contributed by atoms with Crippen molar-refractivity contribution in [2.75, 3.05) is 0 Å². The van der Waals surface area contributed by atoms with E-state index in [9.17, 15) is 10.1 Å². The molecule has 0 unspecified atom stereocenters. The number of hydrogen-bond acceptors (Lipinski definition) is 7. The molecule has 0 saturated heterocycles. The topological polar surface area (TPSA) is 68.9 Å². The lowest BCUT2D eigenvalue weighted by Crippen LogP contribution is -1.86. The molecule has 3 aromatic heterocycles. The molecule has 0 radical (unpaired) electrons. The second-order valence-electron chi connectivity index (χ2n) is 4.85. The molecule has 0 aliphatic carbocycles. The third kappa shape index (κ3) is 2.99. The molecule has 0 N–H and O–H groups in total. The minimum absolute atomic E-state index is 0.0587. The molecule has 0 atom stereocenters. The van der Waals surface area contributed by atoms with Crippen LogP contribution in [0.15, 0.2) is 41.1 Å². The van der Waals surface area contributed by atoms with Crippen molar-refractivity contribution < 1.29 is 4.92 Å². The van der Waals surface area contributed by atoms with Gasteiger partial charge >= 0.3 is 0 Å². The fraction of sp³-hybridized carbons (Fsp3) is 0. The van der Waals surface area contributed by atoms with Crippen molar-refractivity contribution in [1.29, 1.82) is 0 Å². The molecular weight excluding hydrogens is 362 g/mol. The first-order valence-electron chi connectivity index (χ1n) is 6.91. The van der Waals surface area contributed by atoms with Crippen LogP contribution in [0.1, 0.15) is 10.7 Å². The van der Waals surface area contributed by atoms with Gasteiger partial charge in [0.15, 0.2) is 0 Å². The summed E-state index contributed by atoms with van der Waals surface area (Å²) in [6, 6.07) is 8.80. The first-order valence-corrected chi connectivity index (χ1v) is 9.49. The van der Waals surface area contributed by atoms with Crippen molar-refractivity contribution in [3.63, 3.8) is 0 Å². The normalized spacial score (nSPS) is 11.5. The first kappa shape index (κ1) is 15.1. The molecule has 0 spiro atoms. The van der Waals surface area contributed by atoms with Gasteiger partial charge in [-0.25, -0.2) is 9.97 Å². The molecule has 5 nitrogen and oxygen atoms in total. The molecule has 3 heterocycles. The Hall–Kier alpha value is -2.42. The van der Waals surface area contributed by atoms with Crippen LogP contribution in [0.2, 0.25) is 0 Å². The van der Waals surface area contributed by atoms with Crippen LogP contribution in [0.25, 0.3) is 32.3 Å². The van der Waals surface area contributed by atoms with Gasteiger partial charge in [0, 0.05) is 17.5 Å². The number of non-ortho nitro benzene ring substituents is 1. The fourth-order valence-electron chi connectivity index (χ4n) is 2.15. The largest absolute Gasteiger partial charge is 0.271 e. The van der Waals surface area contributed by atoms with Crippen LogP contribution < -0.4 is 0 Å². The van der Waals surface area contributed by atoms with Crippen LogP contribution in [-0.4, -0.2) is 14.9 Å². The van der Waals surface area contributed by atoms with Gasteiger partial charge < -0.3 is 0 Å². The number of nitrogens with zero attached hydrogens (tertiary/aromatic N) is 3. The summed E-state index contributed by atoms with van der Waals surface area (Å²) in [5, 5.41) is 16.7. The van der Waals surface area contributed by atoms with Gasteiger partial charge in [0.2, 0.25) is 0 Å². The quantitative estimate of drug-likeness (QED) is 0.348. The van der Waals surface area contributed by atoms with Crippen LogP contribution >= 0.6 is 34.0 Å². The molecule has 0 aliphatic rings. The number of hydrogen-bond donors (Lipinski definition) is 0. The third-order valence-corrected chi connectivity index (χ3v) is 6.15. The van der Waals surface area contributed by atoms with Gasteiger partial charge in [0.05, 0.1) is 25.7 Å². The predicted octanol–water partition coefficient (Wildman–Crippen LogP) is 5.56. The molecule has 1 aromatic carbocycles. The number of nitro groups is 1. The minimum Gasteiger partial charge on any atom is -0.258 e. The van der Waals surface area contributed by atoms with Crippen LogP contribution in [0.4, 0.5) is 5.69 Å². The third-order valence-electron chi connectivity index (χ3n) is 3.25. The summed E-state index contributed by atoms with van der Waals surface area (Å²) in [5.74, 6) is 0. The monoisotopic (exact) mass is 371 g/mol. The average Bonchev–Trinajstić information content (AvgIpc) is 3.30. The van der Waals surface area contributed by atoms with Gasteiger partial charge in [-0.3, -0.25) is 10.1 Å². The van der Waals surface area contributed by atoms with Crippen LogP contribution in [0.3, 0.4) is 0 Å². The van der Waals surface area contributed by atoms with Gasteiger partial charge in [-0.05, 0) is 29.7 Å². The van der Waals surface area contributed by atoms with Crippen LogP contribution in [0.5, 0.6) is 0 Å². The van der Waals surface area contributed by atoms with Gasteiger partial charge in [-0.2, -0.15) is 0 Å². The summed E-state index contributed by atoms with van der Waals surface area (Å²) in [4.78, 5) is 20.6. The van der Waals surface area contributed by atoms with E-state index >= 15 is 0 Å². The van der Waals surface area contributed by atoms with Crippen LogP contribution in [-0.2, 0) is 0 Å². The highest BCUT2D eigenvalue weighted by Crippen LogP contribution is 2.29. The molecule has 8 heteroatoms. The molecule has 0 saturated carbocycles. The van der Waals surface area contributed by atoms with Crippen molar-refractivity contribution in [3.05, 3.63) is 61.9 Å².